The molecule has 0 bridgehead atoms. The van der Waals surface area contributed by atoms with Crippen LogP contribution in [0.15, 0.2) is 0 Å². The molecule has 0 radical (unpaired) electrons. The molecule has 0 aromatic carbocycles. The van der Waals surface area contributed by atoms with Crippen LogP contribution in [0, 0.1) is 0 Å². The van der Waals surface area contributed by atoms with E-state index < -0.39 is 0 Å². The van der Waals surface area contributed by atoms with Crippen LogP contribution in [0.1, 0.15) is 43.7 Å². The van der Waals surface area contributed by atoms with Crippen molar-refractivity contribution in [1.29, 1.82) is 0 Å². The average molecular weight is 415 g/mol. The SMILES string of the molecule is C.CCCSC.[2H]CCN1C(=O)CC(SC)C1=O.[2H]CCNC(=O)CSC. The van der Waals surface area contributed by atoms with E-state index in [9.17, 15) is 14.4 Å². The van der Waals surface area contributed by atoms with Gasteiger partial charge in [0.25, 0.3) is 0 Å². The topological polar surface area (TPSA) is 66.5 Å². The van der Waals surface area contributed by atoms with E-state index in [0.717, 1.165) is 0 Å². The third kappa shape index (κ3) is 14.5. The second kappa shape index (κ2) is 20.0. The molecule has 0 aliphatic carbocycles. The molecule has 8 heteroatoms. The quantitative estimate of drug-likeness (QED) is 0.644. The standard InChI is InChI=1S/C7H11NO2S.C5H11NOS.C4H10S.CH4/c1-3-8-6(9)4-5(11-2)7(8)10;1-3-6-5(7)4-8-2;1-3-4-5-2;/h5H,3-4H2,1-2H3;3-4H2,1-2H3,(H,6,7);3-4H2,1-2H3;1H4/i2*1D;;. The van der Waals surface area contributed by atoms with Crippen LogP contribution in [0.25, 0.3) is 0 Å². The van der Waals surface area contributed by atoms with Crippen molar-refractivity contribution in [3.8, 4) is 0 Å². The Balaban J connectivity index is -0.000000342. The van der Waals surface area contributed by atoms with Crippen LogP contribution in [-0.4, -0.2) is 71.2 Å². The first-order valence-electron chi connectivity index (χ1n) is 9.04. The lowest BCUT2D eigenvalue weighted by molar-refractivity contribution is -0.137. The first-order chi connectivity index (χ1) is 12.4. The smallest absolute Gasteiger partial charge is 0.242 e. The zero-order valence-electron chi connectivity index (χ0n) is 17.1. The average Bonchev–Trinajstić information content (AvgIpc) is 2.90. The highest BCUT2D eigenvalue weighted by Gasteiger charge is 2.36. The Morgan fingerprint density at radius 2 is 1.96 bits per heavy atom. The minimum Gasteiger partial charge on any atom is -0.356 e. The largest absolute Gasteiger partial charge is 0.356 e. The van der Waals surface area contributed by atoms with Gasteiger partial charge in [-0.15, -0.1) is 0 Å². The molecule has 25 heavy (non-hydrogen) atoms. The zero-order chi connectivity index (χ0) is 20.4. The molecule has 0 spiro atoms. The van der Waals surface area contributed by atoms with Gasteiger partial charge in [0, 0.05) is 22.3 Å². The summed E-state index contributed by atoms with van der Waals surface area (Å²) in [4.78, 5) is 34.3. The second-order valence-corrected chi connectivity index (χ2v) is 7.48. The van der Waals surface area contributed by atoms with Gasteiger partial charge in [-0.2, -0.15) is 35.3 Å². The molecule has 5 nitrogen and oxygen atoms in total. The van der Waals surface area contributed by atoms with Crippen LogP contribution in [0.5, 0.6) is 0 Å². The van der Waals surface area contributed by atoms with Gasteiger partial charge in [0.2, 0.25) is 17.7 Å². The normalized spacial score (nSPS) is 16.5. The first kappa shape index (κ1) is 24.7. The molecular formula is C17H36N2O3S3. The summed E-state index contributed by atoms with van der Waals surface area (Å²) in [7, 11) is 0. The van der Waals surface area contributed by atoms with E-state index in [4.69, 9.17) is 2.74 Å². The number of imide groups is 1. The predicted molar refractivity (Wildman–Crippen MR) is 117 cm³/mol. The van der Waals surface area contributed by atoms with Crippen molar-refractivity contribution in [3.05, 3.63) is 0 Å². The van der Waals surface area contributed by atoms with Crippen LogP contribution < -0.4 is 5.32 Å². The van der Waals surface area contributed by atoms with E-state index in [1.165, 1.54) is 40.6 Å². The molecule has 150 valence electrons. The molecule has 0 aromatic rings. The summed E-state index contributed by atoms with van der Waals surface area (Å²) in [6, 6.07) is 0. The summed E-state index contributed by atoms with van der Waals surface area (Å²) in [5, 5.41) is 2.38. The minimum absolute atomic E-state index is 0. The van der Waals surface area contributed by atoms with E-state index >= 15 is 0 Å². The van der Waals surface area contributed by atoms with E-state index in [0.29, 0.717) is 18.7 Å². The fourth-order valence-corrected chi connectivity index (χ4v) is 3.01. The lowest BCUT2D eigenvalue weighted by atomic mass is 10.4. The zero-order valence-corrected chi connectivity index (χ0v) is 17.6. The summed E-state index contributed by atoms with van der Waals surface area (Å²) >= 11 is 4.79. The number of likely N-dealkylation sites (tertiary alicyclic amines) is 1. The molecule has 1 saturated heterocycles. The fraction of sp³-hybridized carbons (Fsp3) is 0.824. The van der Waals surface area contributed by atoms with Gasteiger partial charge in [0.1, 0.15) is 0 Å². The van der Waals surface area contributed by atoms with E-state index in [2.05, 4.69) is 18.5 Å². The van der Waals surface area contributed by atoms with Gasteiger partial charge in [-0.05, 0) is 44.7 Å². The van der Waals surface area contributed by atoms with E-state index in [1.54, 1.807) is 0 Å². The lowest BCUT2D eigenvalue weighted by Crippen LogP contribution is -2.30. The summed E-state index contributed by atoms with van der Waals surface area (Å²) in [5.41, 5.74) is 0. The predicted octanol–water partition coefficient (Wildman–Crippen LogP) is 3.38. The number of amides is 3. The third-order valence-corrected chi connectivity index (χ3v) is 5.02. The summed E-state index contributed by atoms with van der Waals surface area (Å²) in [6.07, 6.45) is 7.44. The summed E-state index contributed by atoms with van der Waals surface area (Å²) in [5.74, 6) is 1.57. The van der Waals surface area contributed by atoms with Crippen LogP contribution in [0.2, 0.25) is 0 Å². The maximum absolute atomic E-state index is 11.3. The molecule has 1 aliphatic rings. The van der Waals surface area contributed by atoms with Gasteiger partial charge in [-0.1, -0.05) is 14.4 Å². The van der Waals surface area contributed by atoms with Gasteiger partial charge in [0.15, 0.2) is 0 Å². The number of nitrogens with one attached hydrogen (secondary N) is 1. The van der Waals surface area contributed by atoms with Crippen molar-refractivity contribution in [3.63, 3.8) is 0 Å². The number of thioether (sulfide) groups is 3. The molecule has 1 rings (SSSR count). The molecule has 1 fully saturated rings. The van der Waals surface area contributed by atoms with Crippen LogP contribution in [0.3, 0.4) is 0 Å². The number of carbonyl (C=O) groups is 3. The van der Waals surface area contributed by atoms with Crippen LogP contribution in [-0.2, 0) is 14.4 Å². The van der Waals surface area contributed by atoms with Gasteiger partial charge >= 0.3 is 0 Å². The van der Waals surface area contributed by atoms with Gasteiger partial charge in [-0.25, -0.2) is 0 Å². The van der Waals surface area contributed by atoms with Crippen molar-refractivity contribution < 1.29 is 17.1 Å². The number of carbonyl (C=O) groups excluding carboxylic acids is 3. The summed E-state index contributed by atoms with van der Waals surface area (Å²) in [6.45, 7) is 3.27. The molecular weight excluding hydrogens is 376 g/mol. The maximum Gasteiger partial charge on any atom is 0.242 e. The fourth-order valence-electron chi connectivity index (χ4n) is 1.60. The third-order valence-electron chi connectivity index (χ3n) is 2.72. The molecule has 1 unspecified atom stereocenters. The lowest BCUT2D eigenvalue weighted by Gasteiger charge is -2.09. The minimum atomic E-state index is -0.205. The molecule has 1 aliphatic heterocycles. The molecule has 1 heterocycles. The Hall–Kier alpha value is -0.340. The van der Waals surface area contributed by atoms with Crippen molar-refractivity contribution in [2.75, 3.05) is 43.4 Å². The van der Waals surface area contributed by atoms with Gasteiger partial charge < -0.3 is 5.32 Å². The highest BCUT2D eigenvalue weighted by molar-refractivity contribution is 8.00. The Morgan fingerprint density at radius 3 is 2.32 bits per heavy atom. The highest BCUT2D eigenvalue weighted by atomic mass is 32.2. The maximum atomic E-state index is 11.3. The van der Waals surface area contributed by atoms with E-state index in [-0.39, 0.29) is 50.7 Å². The second-order valence-electron chi connectivity index (χ2n) is 4.59. The Labute approximate surface area is 170 Å². The van der Waals surface area contributed by atoms with Crippen molar-refractivity contribution in [2.45, 2.75) is 46.2 Å². The van der Waals surface area contributed by atoms with E-state index in [1.807, 2.05) is 24.3 Å². The highest BCUT2D eigenvalue weighted by Crippen LogP contribution is 2.22. The monoisotopic (exact) mass is 414 g/mol. The van der Waals surface area contributed by atoms with Crippen molar-refractivity contribution in [1.82, 2.24) is 10.2 Å². The Morgan fingerprint density at radius 1 is 1.28 bits per heavy atom. The Kier molecular flexibility index (Phi) is 19.7. The molecule has 3 amide bonds. The molecule has 1 N–H and O–H groups in total. The number of nitrogens with zero attached hydrogens (tertiary/aromatic N) is 1. The number of rotatable bonds is 7. The number of hydrogen-bond donors (Lipinski definition) is 1. The molecule has 1 atom stereocenters. The van der Waals surface area contributed by atoms with Crippen molar-refractivity contribution >= 4 is 53.0 Å². The van der Waals surface area contributed by atoms with Crippen molar-refractivity contribution in [2.24, 2.45) is 0 Å². The summed E-state index contributed by atoms with van der Waals surface area (Å²) < 4.78 is 13.6. The van der Waals surface area contributed by atoms with Crippen LogP contribution >= 0.6 is 35.3 Å². The number of hydrogen-bond acceptors (Lipinski definition) is 6. The van der Waals surface area contributed by atoms with Crippen LogP contribution in [0.4, 0.5) is 0 Å². The van der Waals surface area contributed by atoms with Gasteiger partial charge in [-0.3, -0.25) is 19.3 Å². The molecule has 0 aromatic heterocycles. The Bertz CT molecular complexity index is 404. The molecule has 0 saturated carbocycles. The van der Waals surface area contributed by atoms with Gasteiger partial charge in [0.05, 0.1) is 11.0 Å². The first-order valence-corrected chi connectivity index (χ1v) is 11.7.